The molecule has 0 atom stereocenters. The van der Waals surface area contributed by atoms with Crippen molar-refractivity contribution in [2.75, 3.05) is 26.3 Å². The van der Waals surface area contributed by atoms with Gasteiger partial charge in [0.25, 0.3) is 11.8 Å². The maximum absolute atomic E-state index is 12.4. The van der Waals surface area contributed by atoms with Crippen LogP contribution in [0.2, 0.25) is 0 Å². The van der Waals surface area contributed by atoms with E-state index in [1.165, 1.54) is 7.11 Å². The Bertz CT molecular complexity index is 1000. The summed E-state index contributed by atoms with van der Waals surface area (Å²) >= 11 is 0. The van der Waals surface area contributed by atoms with Crippen LogP contribution in [0.3, 0.4) is 0 Å². The maximum atomic E-state index is 12.4. The second-order valence-corrected chi connectivity index (χ2v) is 5.50. The van der Waals surface area contributed by atoms with Gasteiger partial charge < -0.3 is 23.4 Å². The molecule has 1 aromatic heterocycles. The Labute approximate surface area is 153 Å². The number of benzene rings is 2. The Hall–Kier alpha value is -3.75. The molecule has 0 radical (unpaired) electrons. The summed E-state index contributed by atoms with van der Waals surface area (Å²) in [4.78, 5) is 12.4. The summed E-state index contributed by atoms with van der Waals surface area (Å²) in [6, 6.07) is 10.0. The van der Waals surface area contributed by atoms with Crippen molar-refractivity contribution < 1.29 is 28.2 Å². The first-order valence-electron chi connectivity index (χ1n) is 7.95. The van der Waals surface area contributed by atoms with E-state index >= 15 is 0 Å². The molecule has 1 amide bonds. The van der Waals surface area contributed by atoms with Gasteiger partial charge in [0.1, 0.15) is 11.5 Å². The zero-order chi connectivity index (χ0) is 18.8. The summed E-state index contributed by atoms with van der Waals surface area (Å²) in [5.74, 6) is 2.02. The van der Waals surface area contributed by atoms with Gasteiger partial charge in [-0.05, 0) is 36.4 Å². The van der Waals surface area contributed by atoms with E-state index in [1.54, 1.807) is 43.5 Å². The minimum atomic E-state index is -0.416. The molecule has 138 valence electrons. The molecular weight excluding hydrogens is 354 g/mol. The number of hydrogen-bond acceptors (Lipinski definition) is 8. The lowest BCUT2D eigenvalue weighted by Gasteiger charge is -2.07. The van der Waals surface area contributed by atoms with E-state index in [0.29, 0.717) is 34.1 Å². The maximum Gasteiger partial charge on any atom is 0.322 e. The standard InChI is InChI=1S/C18H15N3O6/c1-23-11-4-6-13(24-2)12(8-11)17-20-21-18(27-17)19-16(22)10-3-5-14-15(7-10)26-9-25-14/h3-8H,9H2,1-2H3,(H,19,21,22). The number of nitrogens with one attached hydrogen (secondary N) is 1. The van der Waals surface area contributed by atoms with Gasteiger partial charge in [-0.25, -0.2) is 0 Å². The molecule has 0 fully saturated rings. The van der Waals surface area contributed by atoms with Gasteiger partial charge in [-0.2, -0.15) is 0 Å². The van der Waals surface area contributed by atoms with Crippen LogP contribution in [0, 0.1) is 0 Å². The summed E-state index contributed by atoms with van der Waals surface area (Å²) in [7, 11) is 3.08. The van der Waals surface area contributed by atoms with Crippen LogP contribution in [0.1, 0.15) is 10.4 Å². The molecule has 0 saturated carbocycles. The highest BCUT2D eigenvalue weighted by Gasteiger charge is 2.19. The first-order chi connectivity index (χ1) is 13.2. The molecular formula is C18H15N3O6. The molecule has 0 unspecified atom stereocenters. The highest BCUT2D eigenvalue weighted by Crippen LogP contribution is 2.34. The molecule has 9 nitrogen and oxygen atoms in total. The van der Waals surface area contributed by atoms with Gasteiger partial charge in [-0.15, -0.1) is 5.10 Å². The molecule has 1 aliphatic rings. The predicted molar refractivity (Wildman–Crippen MR) is 93.4 cm³/mol. The number of fused-ring (bicyclic) bond motifs is 1. The van der Waals surface area contributed by atoms with Crippen molar-refractivity contribution in [3.63, 3.8) is 0 Å². The van der Waals surface area contributed by atoms with Crippen LogP contribution in [0.15, 0.2) is 40.8 Å². The number of methoxy groups -OCH3 is 2. The summed E-state index contributed by atoms with van der Waals surface area (Å²) < 4.78 is 26.6. The normalized spacial score (nSPS) is 11.9. The van der Waals surface area contributed by atoms with Crippen LogP contribution in [-0.4, -0.2) is 37.1 Å². The third-order valence-corrected chi connectivity index (χ3v) is 3.92. The van der Waals surface area contributed by atoms with E-state index in [-0.39, 0.29) is 18.7 Å². The molecule has 1 N–H and O–H groups in total. The summed E-state index contributed by atoms with van der Waals surface area (Å²) in [5.41, 5.74) is 0.922. The molecule has 2 heterocycles. The third kappa shape index (κ3) is 3.22. The van der Waals surface area contributed by atoms with Crippen molar-refractivity contribution in [1.82, 2.24) is 10.2 Å². The van der Waals surface area contributed by atoms with E-state index < -0.39 is 5.91 Å². The van der Waals surface area contributed by atoms with Crippen molar-refractivity contribution >= 4 is 11.9 Å². The number of anilines is 1. The molecule has 27 heavy (non-hydrogen) atoms. The van der Waals surface area contributed by atoms with Crippen molar-refractivity contribution in [2.24, 2.45) is 0 Å². The Morgan fingerprint density at radius 3 is 2.70 bits per heavy atom. The quantitative estimate of drug-likeness (QED) is 0.732. The Kier molecular flexibility index (Phi) is 4.25. The Morgan fingerprint density at radius 1 is 1.04 bits per heavy atom. The topological polar surface area (TPSA) is 105 Å². The zero-order valence-electron chi connectivity index (χ0n) is 14.5. The molecule has 0 aliphatic carbocycles. The van der Waals surface area contributed by atoms with Gasteiger partial charge in [0.15, 0.2) is 11.5 Å². The lowest BCUT2D eigenvalue weighted by Crippen LogP contribution is -2.12. The number of rotatable bonds is 5. The number of carbonyl (C=O) groups is 1. The van der Waals surface area contributed by atoms with Crippen LogP contribution < -0.4 is 24.3 Å². The lowest BCUT2D eigenvalue weighted by molar-refractivity contribution is 0.102. The van der Waals surface area contributed by atoms with Crippen molar-refractivity contribution in [3.05, 3.63) is 42.0 Å². The second kappa shape index (κ2) is 6.87. The van der Waals surface area contributed by atoms with Gasteiger partial charge >= 0.3 is 6.01 Å². The predicted octanol–water partition coefficient (Wildman–Crippen LogP) is 2.73. The average molecular weight is 369 g/mol. The van der Waals surface area contributed by atoms with Gasteiger partial charge in [0.05, 0.1) is 19.8 Å². The highest BCUT2D eigenvalue weighted by atomic mass is 16.7. The summed E-state index contributed by atoms with van der Waals surface area (Å²) in [6.07, 6.45) is 0. The monoisotopic (exact) mass is 369 g/mol. The fourth-order valence-corrected chi connectivity index (χ4v) is 2.57. The van der Waals surface area contributed by atoms with Gasteiger partial charge in [-0.3, -0.25) is 10.1 Å². The van der Waals surface area contributed by atoms with Crippen molar-refractivity contribution in [3.8, 4) is 34.5 Å². The minimum absolute atomic E-state index is 0.0439. The smallest absolute Gasteiger partial charge is 0.322 e. The van der Waals surface area contributed by atoms with Crippen LogP contribution in [0.25, 0.3) is 11.5 Å². The second-order valence-electron chi connectivity index (χ2n) is 5.50. The third-order valence-electron chi connectivity index (χ3n) is 3.92. The number of hydrogen-bond donors (Lipinski definition) is 1. The largest absolute Gasteiger partial charge is 0.497 e. The summed E-state index contributed by atoms with van der Waals surface area (Å²) in [5, 5.41) is 10.4. The highest BCUT2D eigenvalue weighted by molar-refractivity contribution is 6.03. The van der Waals surface area contributed by atoms with Crippen LogP contribution in [0.5, 0.6) is 23.0 Å². The number of ether oxygens (including phenoxy) is 4. The Morgan fingerprint density at radius 2 is 1.89 bits per heavy atom. The van der Waals surface area contributed by atoms with Gasteiger partial charge in [0, 0.05) is 5.56 Å². The SMILES string of the molecule is COc1ccc(OC)c(-c2nnc(NC(=O)c3ccc4c(c3)OCO4)o2)c1. The fraction of sp³-hybridized carbons (Fsp3) is 0.167. The van der Waals surface area contributed by atoms with E-state index in [2.05, 4.69) is 15.5 Å². The van der Waals surface area contributed by atoms with E-state index in [9.17, 15) is 4.79 Å². The lowest BCUT2D eigenvalue weighted by atomic mass is 10.2. The first-order valence-corrected chi connectivity index (χ1v) is 7.95. The Balaban J connectivity index is 1.55. The molecule has 9 heteroatoms. The number of nitrogens with zero attached hydrogens (tertiary/aromatic N) is 2. The minimum Gasteiger partial charge on any atom is -0.497 e. The molecule has 1 aliphatic heterocycles. The number of carbonyl (C=O) groups excluding carboxylic acids is 1. The molecule has 3 aromatic rings. The van der Waals surface area contributed by atoms with Gasteiger partial charge in [-0.1, -0.05) is 5.10 Å². The molecule has 0 spiro atoms. The van der Waals surface area contributed by atoms with Gasteiger partial charge in [0.2, 0.25) is 6.79 Å². The number of amides is 1. The fourth-order valence-electron chi connectivity index (χ4n) is 2.57. The van der Waals surface area contributed by atoms with Crippen molar-refractivity contribution in [2.45, 2.75) is 0 Å². The van der Waals surface area contributed by atoms with E-state index in [1.807, 2.05) is 0 Å². The zero-order valence-corrected chi connectivity index (χ0v) is 14.5. The molecule has 0 saturated heterocycles. The first kappa shape index (κ1) is 16.7. The number of aromatic nitrogens is 2. The summed E-state index contributed by atoms with van der Waals surface area (Å²) in [6.45, 7) is 0.135. The van der Waals surface area contributed by atoms with E-state index in [0.717, 1.165) is 0 Å². The molecule has 0 bridgehead atoms. The molecule has 2 aromatic carbocycles. The van der Waals surface area contributed by atoms with Crippen LogP contribution in [-0.2, 0) is 0 Å². The van der Waals surface area contributed by atoms with Crippen molar-refractivity contribution in [1.29, 1.82) is 0 Å². The molecule has 4 rings (SSSR count). The van der Waals surface area contributed by atoms with Crippen LogP contribution in [0.4, 0.5) is 6.01 Å². The van der Waals surface area contributed by atoms with Crippen LogP contribution >= 0.6 is 0 Å². The van der Waals surface area contributed by atoms with E-state index in [4.69, 9.17) is 23.4 Å². The average Bonchev–Trinajstić information content (AvgIpc) is 3.36.